The maximum absolute atomic E-state index is 2.46. The molecule has 0 spiro atoms. The molecule has 0 N–H and O–H groups in total. The van der Waals surface area contributed by atoms with E-state index < -0.39 is 0 Å². The topological polar surface area (TPSA) is 0 Å². The Kier molecular flexibility index (Phi) is 12.7. The second kappa shape index (κ2) is 12.7. The van der Waals surface area contributed by atoms with Crippen LogP contribution in [-0.4, -0.2) is 0 Å². The zero-order chi connectivity index (χ0) is 15.4. The van der Waals surface area contributed by atoms with Crippen molar-refractivity contribution >= 4 is 0 Å². The van der Waals surface area contributed by atoms with Gasteiger partial charge in [0, 0.05) is 0 Å². The Morgan fingerprint density at radius 3 is 1.65 bits per heavy atom. The van der Waals surface area contributed by atoms with Crippen molar-refractivity contribution in [2.45, 2.75) is 106 Å². The third-order valence-electron chi connectivity index (χ3n) is 5.27. The average molecular weight is 283 g/mol. The van der Waals surface area contributed by atoms with Crippen LogP contribution >= 0.6 is 0 Å². The molecular formula is C20H42. The van der Waals surface area contributed by atoms with Crippen molar-refractivity contribution in [3.05, 3.63) is 0 Å². The van der Waals surface area contributed by atoms with Crippen molar-refractivity contribution in [1.82, 2.24) is 0 Å². The van der Waals surface area contributed by atoms with Crippen LogP contribution < -0.4 is 0 Å². The van der Waals surface area contributed by atoms with E-state index in [1.165, 1.54) is 64.2 Å². The average Bonchev–Trinajstić information content (AvgIpc) is 2.40. The largest absolute Gasteiger partial charge is 0.0654 e. The van der Waals surface area contributed by atoms with Gasteiger partial charge in [0.25, 0.3) is 0 Å². The zero-order valence-electron chi connectivity index (χ0n) is 15.4. The minimum atomic E-state index is 0.834. The molecule has 0 aliphatic carbocycles. The molecule has 3 atom stereocenters. The number of rotatable bonds is 13. The first-order chi connectivity index (χ1) is 9.49. The molecule has 20 heavy (non-hydrogen) atoms. The molecule has 0 heteroatoms. The van der Waals surface area contributed by atoms with E-state index in [1.807, 2.05) is 0 Å². The first kappa shape index (κ1) is 20.0. The summed E-state index contributed by atoms with van der Waals surface area (Å²) in [6.45, 7) is 14.4. The summed E-state index contributed by atoms with van der Waals surface area (Å²) in [6, 6.07) is 0. The third-order valence-corrected chi connectivity index (χ3v) is 5.27. The maximum atomic E-state index is 2.46. The zero-order valence-corrected chi connectivity index (χ0v) is 15.4. The van der Waals surface area contributed by atoms with E-state index in [9.17, 15) is 0 Å². The van der Waals surface area contributed by atoms with E-state index in [4.69, 9.17) is 0 Å². The van der Waals surface area contributed by atoms with Gasteiger partial charge >= 0.3 is 0 Å². The van der Waals surface area contributed by atoms with Gasteiger partial charge in [-0.3, -0.25) is 0 Å². The molecule has 0 heterocycles. The standard InChI is InChI=1S/C20H42/c1-7-8-9-10-11-12-13-14-15-18(4)16-19(5)20(6)17(2)3/h17-20H,7-16H2,1-6H3. The highest BCUT2D eigenvalue weighted by molar-refractivity contribution is 4.68. The molecular weight excluding hydrogens is 240 g/mol. The Bertz CT molecular complexity index is 194. The van der Waals surface area contributed by atoms with Crippen molar-refractivity contribution in [1.29, 1.82) is 0 Å². The van der Waals surface area contributed by atoms with Gasteiger partial charge in [-0.1, -0.05) is 99.3 Å². The second-order valence-electron chi connectivity index (χ2n) is 7.68. The minimum Gasteiger partial charge on any atom is -0.0654 e. The van der Waals surface area contributed by atoms with E-state index >= 15 is 0 Å². The molecule has 122 valence electrons. The van der Waals surface area contributed by atoms with Crippen LogP contribution in [0.15, 0.2) is 0 Å². The van der Waals surface area contributed by atoms with Crippen LogP contribution in [0.2, 0.25) is 0 Å². The fourth-order valence-corrected chi connectivity index (χ4v) is 3.25. The lowest BCUT2D eigenvalue weighted by atomic mass is 9.80. The first-order valence-electron chi connectivity index (χ1n) is 9.49. The van der Waals surface area contributed by atoms with E-state index in [0.29, 0.717) is 0 Å². The van der Waals surface area contributed by atoms with E-state index in [1.54, 1.807) is 0 Å². The highest BCUT2D eigenvalue weighted by Gasteiger charge is 2.17. The summed E-state index contributed by atoms with van der Waals surface area (Å²) in [6.07, 6.45) is 14.4. The van der Waals surface area contributed by atoms with Gasteiger partial charge in [-0.15, -0.1) is 0 Å². The van der Waals surface area contributed by atoms with Crippen molar-refractivity contribution < 1.29 is 0 Å². The van der Waals surface area contributed by atoms with Gasteiger partial charge in [0.05, 0.1) is 0 Å². The molecule has 0 saturated carbocycles. The Labute approximate surface area is 130 Å². The fraction of sp³-hybridized carbons (Fsp3) is 1.00. The van der Waals surface area contributed by atoms with Gasteiger partial charge in [0.15, 0.2) is 0 Å². The van der Waals surface area contributed by atoms with Gasteiger partial charge in [-0.2, -0.15) is 0 Å². The molecule has 0 aromatic carbocycles. The van der Waals surface area contributed by atoms with Gasteiger partial charge in [-0.25, -0.2) is 0 Å². The molecule has 0 bridgehead atoms. The highest BCUT2D eigenvalue weighted by Crippen LogP contribution is 2.28. The van der Waals surface area contributed by atoms with Gasteiger partial charge in [-0.05, 0) is 30.1 Å². The third kappa shape index (κ3) is 10.7. The summed E-state index contributed by atoms with van der Waals surface area (Å²) >= 11 is 0. The molecule has 0 nitrogen and oxygen atoms in total. The van der Waals surface area contributed by atoms with Crippen LogP contribution in [0.1, 0.15) is 106 Å². The smallest absolute Gasteiger partial charge is 0.0394 e. The maximum Gasteiger partial charge on any atom is -0.0394 e. The first-order valence-corrected chi connectivity index (χ1v) is 9.49. The van der Waals surface area contributed by atoms with E-state index in [-0.39, 0.29) is 0 Å². The van der Waals surface area contributed by atoms with Gasteiger partial charge < -0.3 is 0 Å². The lowest BCUT2D eigenvalue weighted by molar-refractivity contribution is 0.246. The quantitative estimate of drug-likeness (QED) is 0.307. The van der Waals surface area contributed by atoms with Gasteiger partial charge in [0.2, 0.25) is 0 Å². The van der Waals surface area contributed by atoms with E-state index in [2.05, 4.69) is 41.5 Å². The Hall–Kier alpha value is 0. The monoisotopic (exact) mass is 282 g/mol. The van der Waals surface area contributed by atoms with Gasteiger partial charge in [0.1, 0.15) is 0 Å². The summed E-state index contributed by atoms with van der Waals surface area (Å²) in [4.78, 5) is 0. The van der Waals surface area contributed by atoms with Crippen molar-refractivity contribution in [2.75, 3.05) is 0 Å². The minimum absolute atomic E-state index is 0.834. The summed E-state index contributed by atoms with van der Waals surface area (Å²) in [7, 11) is 0. The van der Waals surface area contributed by atoms with Crippen LogP contribution in [0.4, 0.5) is 0 Å². The molecule has 0 amide bonds. The van der Waals surface area contributed by atoms with E-state index in [0.717, 1.165) is 23.7 Å². The molecule has 0 aromatic rings. The Morgan fingerprint density at radius 1 is 0.650 bits per heavy atom. The molecule has 0 aromatic heterocycles. The van der Waals surface area contributed by atoms with Crippen molar-refractivity contribution in [3.8, 4) is 0 Å². The second-order valence-corrected chi connectivity index (χ2v) is 7.68. The summed E-state index contributed by atoms with van der Waals surface area (Å²) in [5.74, 6) is 3.52. The van der Waals surface area contributed by atoms with Crippen LogP contribution in [0.3, 0.4) is 0 Å². The van der Waals surface area contributed by atoms with Crippen LogP contribution in [0.25, 0.3) is 0 Å². The van der Waals surface area contributed by atoms with Crippen LogP contribution in [0.5, 0.6) is 0 Å². The van der Waals surface area contributed by atoms with Crippen LogP contribution in [-0.2, 0) is 0 Å². The molecule has 0 aliphatic rings. The lowest BCUT2D eigenvalue weighted by Gasteiger charge is -2.26. The number of hydrogen-bond donors (Lipinski definition) is 0. The molecule has 3 unspecified atom stereocenters. The summed E-state index contributed by atoms with van der Waals surface area (Å²) in [5, 5.41) is 0. The predicted octanol–water partition coefficient (Wildman–Crippen LogP) is 7.47. The fourth-order valence-electron chi connectivity index (χ4n) is 3.25. The molecule has 0 rings (SSSR count). The normalized spacial score (nSPS) is 16.4. The molecule has 0 aliphatic heterocycles. The van der Waals surface area contributed by atoms with Crippen LogP contribution in [0, 0.1) is 23.7 Å². The molecule has 0 fully saturated rings. The summed E-state index contributed by atoms with van der Waals surface area (Å²) < 4.78 is 0. The number of unbranched alkanes of at least 4 members (excludes halogenated alkanes) is 7. The molecule has 0 radical (unpaired) electrons. The Balaban J connectivity index is 3.47. The lowest BCUT2D eigenvalue weighted by Crippen LogP contribution is -2.16. The molecule has 0 saturated heterocycles. The Morgan fingerprint density at radius 2 is 1.15 bits per heavy atom. The SMILES string of the molecule is CCCCCCCCCCC(C)CC(C)C(C)C(C)C. The summed E-state index contributed by atoms with van der Waals surface area (Å²) in [5.41, 5.74) is 0. The highest BCUT2D eigenvalue weighted by atomic mass is 14.2. The predicted molar refractivity (Wildman–Crippen MR) is 94.2 cm³/mol. The number of hydrogen-bond acceptors (Lipinski definition) is 0. The van der Waals surface area contributed by atoms with Crippen molar-refractivity contribution in [2.24, 2.45) is 23.7 Å². The van der Waals surface area contributed by atoms with Crippen molar-refractivity contribution in [3.63, 3.8) is 0 Å².